The molecule has 0 saturated heterocycles. The monoisotopic (exact) mass is 258 g/mol. The highest BCUT2D eigenvalue weighted by molar-refractivity contribution is 5.83. The molecule has 1 aromatic carbocycles. The Labute approximate surface area is 112 Å². The molecule has 0 radical (unpaired) electrons. The second-order valence-corrected chi connectivity index (χ2v) is 4.37. The van der Waals surface area contributed by atoms with Crippen LogP contribution in [0.15, 0.2) is 53.3 Å². The highest BCUT2D eigenvalue weighted by Gasteiger charge is 2.21. The summed E-state index contributed by atoms with van der Waals surface area (Å²) in [4.78, 5) is 14.1. The fourth-order valence-electron chi connectivity index (χ4n) is 1.95. The number of hydrogen-bond acceptors (Lipinski definition) is 3. The van der Waals surface area contributed by atoms with Crippen LogP contribution in [0, 0.1) is 0 Å². The van der Waals surface area contributed by atoms with Crippen LogP contribution in [-0.4, -0.2) is 17.4 Å². The van der Waals surface area contributed by atoms with Crippen LogP contribution in [0.5, 0.6) is 0 Å². The second kappa shape index (κ2) is 6.20. The van der Waals surface area contributed by atoms with Crippen molar-refractivity contribution in [3.05, 3.63) is 60.1 Å². The van der Waals surface area contributed by atoms with E-state index in [-0.39, 0.29) is 5.91 Å². The molecule has 4 heteroatoms. The minimum atomic E-state index is -0.618. The molecule has 0 unspecified atom stereocenters. The SMILES string of the molecule is CCN(Cc1ccoc1)C(=O)[C@@H](N)c1ccccc1. The van der Waals surface area contributed by atoms with Crippen molar-refractivity contribution in [1.29, 1.82) is 0 Å². The topological polar surface area (TPSA) is 59.5 Å². The van der Waals surface area contributed by atoms with Gasteiger partial charge in [-0.3, -0.25) is 4.79 Å². The first-order chi connectivity index (χ1) is 9.22. The lowest BCUT2D eigenvalue weighted by molar-refractivity contribution is -0.133. The molecule has 0 fully saturated rings. The van der Waals surface area contributed by atoms with Gasteiger partial charge in [0.05, 0.1) is 12.5 Å². The van der Waals surface area contributed by atoms with E-state index in [1.165, 1.54) is 0 Å². The van der Waals surface area contributed by atoms with Gasteiger partial charge in [0.1, 0.15) is 6.04 Å². The van der Waals surface area contributed by atoms with Gasteiger partial charge in [0.2, 0.25) is 5.91 Å². The summed E-state index contributed by atoms with van der Waals surface area (Å²) >= 11 is 0. The Balaban J connectivity index is 2.08. The van der Waals surface area contributed by atoms with Crippen molar-refractivity contribution in [1.82, 2.24) is 4.90 Å². The van der Waals surface area contributed by atoms with Crippen LogP contribution in [0.1, 0.15) is 24.1 Å². The molecule has 1 aromatic heterocycles. The zero-order valence-electron chi connectivity index (χ0n) is 11.0. The lowest BCUT2D eigenvalue weighted by Crippen LogP contribution is -2.37. The summed E-state index contributed by atoms with van der Waals surface area (Å²) < 4.78 is 5.02. The highest BCUT2D eigenvalue weighted by atomic mass is 16.3. The summed E-state index contributed by atoms with van der Waals surface area (Å²) in [6.45, 7) is 3.08. The Morgan fingerprint density at radius 2 is 2.05 bits per heavy atom. The highest BCUT2D eigenvalue weighted by Crippen LogP contribution is 2.15. The van der Waals surface area contributed by atoms with Crippen molar-refractivity contribution in [3.8, 4) is 0 Å². The molecule has 100 valence electrons. The molecule has 0 spiro atoms. The number of nitrogens with two attached hydrogens (primary N) is 1. The average molecular weight is 258 g/mol. The lowest BCUT2D eigenvalue weighted by atomic mass is 10.1. The standard InChI is InChI=1S/C15H18N2O2/c1-2-17(10-12-8-9-19-11-12)15(18)14(16)13-6-4-3-5-7-13/h3-9,11,14H,2,10,16H2,1H3/t14-/m0/s1. The summed E-state index contributed by atoms with van der Waals surface area (Å²) in [5, 5.41) is 0. The van der Waals surface area contributed by atoms with E-state index in [2.05, 4.69) is 0 Å². The third kappa shape index (κ3) is 3.23. The van der Waals surface area contributed by atoms with Gasteiger partial charge in [0.15, 0.2) is 0 Å². The molecular weight excluding hydrogens is 240 g/mol. The van der Waals surface area contributed by atoms with Crippen molar-refractivity contribution < 1.29 is 9.21 Å². The Morgan fingerprint density at radius 1 is 1.32 bits per heavy atom. The van der Waals surface area contributed by atoms with Crippen LogP contribution in [0.3, 0.4) is 0 Å². The number of rotatable bonds is 5. The fraction of sp³-hybridized carbons (Fsp3) is 0.267. The summed E-state index contributed by atoms with van der Waals surface area (Å²) in [6, 6.07) is 10.6. The summed E-state index contributed by atoms with van der Waals surface area (Å²) in [5.74, 6) is -0.0742. The van der Waals surface area contributed by atoms with Gasteiger partial charge < -0.3 is 15.1 Å². The van der Waals surface area contributed by atoms with E-state index >= 15 is 0 Å². The van der Waals surface area contributed by atoms with Crippen LogP contribution in [0.25, 0.3) is 0 Å². The molecular formula is C15H18N2O2. The van der Waals surface area contributed by atoms with Gasteiger partial charge in [-0.25, -0.2) is 0 Å². The number of likely N-dealkylation sites (N-methyl/N-ethyl adjacent to an activating group) is 1. The Kier molecular flexibility index (Phi) is 4.36. The minimum Gasteiger partial charge on any atom is -0.472 e. The first kappa shape index (κ1) is 13.4. The number of nitrogens with zero attached hydrogens (tertiary/aromatic N) is 1. The predicted octanol–water partition coefficient (Wildman–Crippen LogP) is 2.33. The molecule has 2 N–H and O–H groups in total. The van der Waals surface area contributed by atoms with Crippen LogP contribution < -0.4 is 5.73 Å². The van der Waals surface area contributed by atoms with Gasteiger partial charge in [0, 0.05) is 18.7 Å². The van der Waals surface area contributed by atoms with Crippen LogP contribution >= 0.6 is 0 Å². The van der Waals surface area contributed by atoms with E-state index in [0.717, 1.165) is 11.1 Å². The first-order valence-corrected chi connectivity index (χ1v) is 6.32. The van der Waals surface area contributed by atoms with Crippen molar-refractivity contribution in [2.24, 2.45) is 5.73 Å². The predicted molar refractivity (Wildman–Crippen MR) is 73.2 cm³/mol. The van der Waals surface area contributed by atoms with Crippen LogP contribution in [0.4, 0.5) is 0 Å². The molecule has 4 nitrogen and oxygen atoms in total. The van der Waals surface area contributed by atoms with Crippen LogP contribution in [0.2, 0.25) is 0 Å². The molecule has 2 rings (SSSR count). The second-order valence-electron chi connectivity index (χ2n) is 4.37. The van der Waals surface area contributed by atoms with Crippen molar-refractivity contribution in [2.75, 3.05) is 6.54 Å². The molecule has 0 saturated carbocycles. The third-order valence-corrected chi connectivity index (χ3v) is 3.07. The Hall–Kier alpha value is -2.07. The number of benzene rings is 1. The van der Waals surface area contributed by atoms with Gasteiger partial charge in [-0.15, -0.1) is 0 Å². The van der Waals surface area contributed by atoms with Gasteiger partial charge in [-0.1, -0.05) is 30.3 Å². The average Bonchev–Trinajstić information content (AvgIpc) is 2.97. The maximum atomic E-state index is 12.4. The molecule has 1 heterocycles. The zero-order valence-corrected chi connectivity index (χ0v) is 11.0. The third-order valence-electron chi connectivity index (χ3n) is 3.07. The van der Waals surface area contributed by atoms with E-state index in [1.54, 1.807) is 17.4 Å². The Bertz CT molecular complexity index is 508. The van der Waals surface area contributed by atoms with Gasteiger partial charge in [-0.2, -0.15) is 0 Å². The molecule has 1 amide bonds. The fourth-order valence-corrected chi connectivity index (χ4v) is 1.95. The molecule has 1 atom stereocenters. The number of hydrogen-bond donors (Lipinski definition) is 1. The summed E-state index contributed by atoms with van der Waals surface area (Å²) in [7, 11) is 0. The van der Waals surface area contributed by atoms with E-state index in [9.17, 15) is 4.79 Å². The molecule has 2 aromatic rings. The molecule has 19 heavy (non-hydrogen) atoms. The number of carbonyl (C=O) groups is 1. The summed E-state index contributed by atoms with van der Waals surface area (Å²) in [6.07, 6.45) is 3.24. The van der Waals surface area contributed by atoms with Crippen molar-refractivity contribution in [2.45, 2.75) is 19.5 Å². The largest absolute Gasteiger partial charge is 0.472 e. The first-order valence-electron chi connectivity index (χ1n) is 6.32. The maximum absolute atomic E-state index is 12.4. The van der Waals surface area contributed by atoms with E-state index in [0.29, 0.717) is 13.1 Å². The zero-order chi connectivity index (χ0) is 13.7. The van der Waals surface area contributed by atoms with Crippen molar-refractivity contribution >= 4 is 5.91 Å². The number of furan rings is 1. The molecule has 0 aliphatic carbocycles. The van der Waals surface area contributed by atoms with E-state index < -0.39 is 6.04 Å². The van der Waals surface area contributed by atoms with Crippen molar-refractivity contribution in [3.63, 3.8) is 0 Å². The molecule has 0 aliphatic heterocycles. The van der Waals surface area contributed by atoms with Gasteiger partial charge >= 0.3 is 0 Å². The lowest BCUT2D eigenvalue weighted by Gasteiger charge is -2.24. The van der Waals surface area contributed by atoms with E-state index in [4.69, 9.17) is 10.2 Å². The van der Waals surface area contributed by atoms with Gasteiger partial charge in [-0.05, 0) is 18.6 Å². The maximum Gasteiger partial charge on any atom is 0.244 e. The minimum absolute atomic E-state index is 0.0742. The quantitative estimate of drug-likeness (QED) is 0.895. The number of carbonyl (C=O) groups excluding carboxylic acids is 1. The van der Waals surface area contributed by atoms with E-state index in [1.807, 2.05) is 43.3 Å². The summed E-state index contributed by atoms with van der Waals surface area (Å²) in [5.41, 5.74) is 7.83. The molecule has 0 bridgehead atoms. The number of amides is 1. The smallest absolute Gasteiger partial charge is 0.244 e. The molecule has 0 aliphatic rings. The normalized spacial score (nSPS) is 12.1. The van der Waals surface area contributed by atoms with Crippen LogP contribution in [-0.2, 0) is 11.3 Å². The Morgan fingerprint density at radius 3 is 2.63 bits per heavy atom. The van der Waals surface area contributed by atoms with Gasteiger partial charge in [0.25, 0.3) is 0 Å².